The SMILES string of the molecule is CC(=O)O.CC(=O)O.CN(C)[C@@H]1CS(=O)(=O)[C@H]2CN(C(=O)c3ccnc4ccccc34)C[C@@H]12. The summed E-state index contributed by atoms with van der Waals surface area (Å²) in [5.41, 5.74) is 1.36. The minimum atomic E-state index is -3.16. The van der Waals surface area contributed by atoms with Gasteiger partial charge in [0.25, 0.3) is 17.8 Å². The molecule has 2 N–H and O–H groups in total. The summed E-state index contributed by atoms with van der Waals surface area (Å²) in [6.45, 7) is 2.94. The number of benzene rings is 1. The third kappa shape index (κ3) is 6.48. The number of aromatic nitrogens is 1. The maximum absolute atomic E-state index is 13.1. The van der Waals surface area contributed by atoms with Crippen LogP contribution in [-0.2, 0) is 19.4 Å². The topological polar surface area (TPSA) is 145 Å². The van der Waals surface area contributed by atoms with E-state index >= 15 is 0 Å². The molecule has 2 aliphatic rings. The summed E-state index contributed by atoms with van der Waals surface area (Å²) in [5.74, 6) is -1.60. The molecule has 3 heterocycles. The summed E-state index contributed by atoms with van der Waals surface area (Å²) in [4.78, 5) is 39.0. The van der Waals surface area contributed by atoms with E-state index < -0.39 is 27.0 Å². The number of fused-ring (bicyclic) bond motifs is 2. The zero-order valence-corrected chi connectivity index (χ0v) is 19.8. The van der Waals surface area contributed by atoms with E-state index in [4.69, 9.17) is 19.8 Å². The average Bonchev–Trinajstić information content (AvgIpc) is 3.25. The molecule has 0 saturated carbocycles. The monoisotopic (exact) mass is 479 g/mol. The van der Waals surface area contributed by atoms with Crippen LogP contribution in [0.4, 0.5) is 0 Å². The molecule has 1 amide bonds. The third-order valence-electron chi connectivity index (χ3n) is 5.50. The molecule has 0 unspecified atom stereocenters. The molecule has 0 aliphatic carbocycles. The molecule has 180 valence electrons. The molecule has 1 aromatic heterocycles. The Morgan fingerprint density at radius 1 is 1.03 bits per heavy atom. The second-order valence-corrected chi connectivity index (χ2v) is 10.5. The lowest BCUT2D eigenvalue weighted by molar-refractivity contribution is -0.135. The van der Waals surface area contributed by atoms with Crippen LogP contribution in [0.3, 0.4) is 0 Å². The number of carbonyl (C=O) groups excluding carboxylic acids is 1. The van der Waals surface area contributed by atoms with Gasteiger partial charge in [-0.3, -0.25) is 19.4 Å². The maximum Gasteiger partial charge on any atom is 0.300 e. The summed E-state index contributed by atoms with van der Waals surface area (Å²) in [7, 11) is 0.655. The number of hydrogen-bond donors (Lipinski definition) is 2. The number of amides is 1. The number of carboxylic acid groups (broad SMARTS) is 2. The van der Waals surface area contributed by atoms with Gasteiger partial charge in [-0.25, -0.2) is 8.42 Å². The molecule has 2 aromatic rings. The van der Waals surface area contributed by atoms with Gasteiger partial charge in [0.1, 0.15) is 0 Å². The minimum Gasteiger partial charge on any atom is -0.481 e. The van der Waals surface area contributed by atoms with Gasteiger partial charge in [-0.2, -0.15) is 0 Å². The molecule has 10 nitrogen and oxygen atoms in total. The van der Waals surface area contributed by atoms with Crippen molar-refractivity contribution in [2.75, 3.05) is 32.9 Å². The molecular weight excluding hydrogens is 450 g/mol. The van der Waals surface area contributed by atoms with Gasteiger partial charge in [-0.1, -0.05) is 18.2 Å². The van der Waals surface area contributed by atoms with E-state index in [0.29, 0.717) is 12.1 Å². The summed E-state index contributed by atoms with van der Waals surface area (Å²) >= 11 is 0. The van der Waals surface area contributed by atoms with E-state index in [1.807, 2.05) is 43.3 Å². The highest BCUT2D eigenvalue weighted by Crippen LogP contribution is 2.36. The zero-order valence-electron chi connectivity index (χ0n) is 19.0. The minimum absolute atomic E-state index is 0.0166. The first kappa shape index (κ1) is 26.2. The predicted octanol–water partition coefficient (Wildman–Crippen LogP) is 1.22. The number of nitrogens with zero attached hydrogens (tertiary/aromatic N) is 3. The molecule has 33 heavy (non-hydrogen) atoms. The number of carboxylic acids is 2. The van der Waals surface area contributed by atoms with Crippen molar-refractivity contribution in [1.29, 1.82) is 0 Å². The Morgan fingerprint density at radius 2 is 1.61 bits per heavy atom. The lowest BCUT2D eigenvalue weighted by Gasteiger charge is -2.25. The average molecular weight is 480 g/mol. The second-order valence-electron chi connectivity index (χ2n) is 8.19. The number of rotatable bonds is 2. The Morgan fingerprint density at radius 3 is 2.18 bits per heavy atom. The molecule has 0 radical (unpaired) electrons. The van der Waals surface area contributed by atoms with Crippen LogP contribution in [-0.4, -0.2) is 95.5 Å². The lowest BCUT2D eigenvalue weighted by Crippen LogP contribution is -2.38. The van der Waals surface area contributed by atoms with Gasteiger partial charge in [0.2, 0.25) is 0 Å². The van der Waals surface area contributed by atoms with E-state index in [9.17, 15) is 13.2 Å². The van der Waals surface area contributed by atoms with Crippen molar-refractivity contribution in [2.24, 2.45) is 5.92 Å². The Labute approximate surface area is 192 Å². The van der Waals surface area contributed by atoms with Crippen molar-refractivity contribution in [3.05, 3.63) is 42.1 Å². The Bertz CT molecular complexity index is 1110. The van der Waals surface area contributed by atoms with Crippen LogP contribution in [0, 0.1) is 5.92 Å². The molecule has 2 saturated heterocycles. The molecule has 2 aliphatic heterocycles. The smallest absolute Gasteiger partial charge is 0.300 e. The summed E-state index contributed by atoms with van der Waals surface area (Å²) in [6, 6.07) is 9.21. The first-order valence-corrected chi connectivity index (χ1v) is 12.0. The molecule has 2 fully saturated rings. The number of pyridine rings is 1. The third-order valence-corrected chi connectivity index (χ3v) is 7.72. The van der Waals surface area contributed by atoms with E-state index in [0.717, 1.165) is 24.8 Å². The fourth-order valence-corrected chi connectivity index (χ4v) is 6.66. The predicted molar refractivity (Wildman–Crippen MR) is 123 cm³/mol. The summed E-state index contributed by atoms with van der Waals surface area (Å²) in [6.07, 6.45) is 1.63. The molecular formula is C22H29N3O7S. The van der Waals surface area contributed by atoms with Gasteiger partial charge < -0.3 is 20.0 Å². The largest absolute Gasteiger partial charge is 0.481 e. The molecule has 4 rings (SSSR count). The summed E-state index contributed by atoms with van der Waals surface area (Å²) in [5, 5.41) is 15.2. The van der Waals surface area contributed by atoms with Crippen molar-refractivity contribution in [1.82, 2.24) is 14.8 Å². The van der Waals surface area contributed by atoms with E-state index in [1.165, 1.54) is 0 Å². The van der Waals surface area contributed by atoms with Crippen LogP contribution in [0.5, 0.6) is 0 Å². The highest BCUT2D eigenvalue weighted by atomic mass is 32.2. The Kier molecular flexibility index (Phi) is 8.51. The zero-order chi connectivity index (χ0) is 24.9. The first-order chi connectivity index (χ1) is 15.3. The Hall–Kier alpha value is -3.05. The standard InChI is InChI=1S/C18H21N3O3S.2C2H4O2/c1-20(2)16-11-25(23,24)17-10-21(9-14(16)17)18(22)13-7-8-19-15-6-4-3-5-12(13)15;2*1-2(3)4/h3-8,14,16-17H,9-11H2,1-2H3;2*1H3,(H,3,4)/t14-,16+,17-;;/m0../s1. The van der Waals surface area contributed by atoms with Gasteiger partial charge in [0, 0.05) is 50.5 Å². The van der Waals surface area contributed by atoms with Crippen LogP contribution in [0.15, 0.2) is 36.5 Å². The van der Waals surface area contributed by atoms with Gasteiger partial charge in [0.15, 0.2) is 9.84 Å². The van der Waals surface area contributed by atoms with Gasteiger partial charge in [0.05, 0.1) is 22.1 Å². The first-order valence-electron chi connectivity index (χ1n) is 10.2. The lowest BCUT2D eigenvalue weighted by atomic mass is 10.00. The van der Waals surface area contributed by atoms with Gasteiger partial charge in [-0.05, 0) is 26.2 Å². The number of carbonyl (C=O) groups is 3. The number of para-hydroxylation sites is 1. The van der Waals surface area contributed by atoms with E-state index in [2.05, 4.69) is 4.98 Å². The normalized spacial score (nSPS) is 22.6. The van der Waals surface area contributed by atoms with Crippen molar-refractivity contribution in [3.8, 4) is 0 Å². The second kappa shape index (κ2) is 10.7. The molecule has 11 heteroatoms. The fourth-order valence-electron chi connectivity index (χ4n) is 4.18. The maximum atomic E-state index is 13.1. The van der Waals surface area contributed by atoms with Crippen molar-refractivity contribution < 1.29 is 33.0 Å². The van der Waals surface area contributed by atoms with Crippen LogP contribution < -0.4 is 0 Å². The Balaban J connectivity index is 0.000000420. The number of likely N-dealkylation sites (tertiary alicyclic amines) is 1. The highest BCUT2D eigenvalue weighted by Gasteiger charge is 2.53. The van der Waals surface area contributed by atoms with Crippen LogP contribution in [0.1, 0.15) is 24.2 Å². The molecule has 1 aromatic carbocycles. The van der Waals surface area contributed by atoms with Crippen molar-refractivity contribution >= 4 is 38.6 Å². The van der Waals surface area contributed by atoms with E-state index in [-0.39, 0.29) is 30.2 Å². The number of aliphatic carboxylic acids is 2. The molecule has 0 bridgehead atoms. The van der Waals surface area contributed by atoms with E-state index in [1.54, 1.807) is 17.2 Å². The van der Waals surface area contributed by atoms with Gasteiger partial charge >= 0.3 is 0 Å². The molecule has 3 atom stereocenters. The number of sulfone groups is 1. The number of hydrogen-bond acceptors (Lipinski definition) is 7. The van der Waals surface area contributed by atoms with Gasteiger partial charge in [-0.15, -0.1) is 0 Å². The van der Waals surface area contributed by atoms with Crippen LogP contribution in [0.2, 0.25) is 0 Å². The molecule has 0 spiro atoms. The highest BCUT2D eigenvalue weighted by molar-refractivity contribution is 7.92. The summed E-state index contributed by atoms with van der Waals surface area (Å²) < 4.78 is 25.0. The van der Waals surface area contributed by atoms with Crippen LogP contribution in [0.25, 0.3) is 10.9 Å². The van der Waals surface area contributed by atoms with Crippen molar-refractivity contribution in [2.45, 2.75) is 25.1 Å². The fraction of sp³-hybridized carbons (Fsp3) is 0.455. The quantitative estimate of drug-likeness (QED) is 0.649. The van der Waals surface area contributed by atoms with Crippen molar-refractivity contribution in [3.63, 3.8) is 0 Å². The van der Waals surface area contributed by atoms with Crippen LogP contribution >= 0.6 is 0 Å².